The number of aromatic nitrogens is 2. The molecule has 1 heterocycles. The average Bonchev–Trinajstić information content (AvgIpc) is 2.18. The lowest BCUT2D eigenvalue weighted by molar-refractivity contribution is 0.0690. The molecule has 0 radical (unpaired) electrons. The molecule has 0 unspecified atom stereocenters. The van der Waals surface area contributed by atoms with Crippen molar-refractivity contribution < 1.29 is 9.90 Å². The molecule has 0 saturated heterocycles. The quantitative estimate of drug-likeness (QED) is 0.770. The van der Waals surface area contributed by atoms with Crippen molar-refractivity contribution in [1.29, 1.82) is 0 Å². The predicted molar refractivity (Wildman–Crippen MR) is 56.9 cm³/mol. The second kappa shape index (κ2) is 5.29. The molecule has 1 aromatic heterocycles. The summed E-state index contributed by atoms with van der Waals surface area (Å²) >= 11 is 0. The van der Waals surface area contributed by atoms with Crippen LogP contribution in [0.25, 0.3) is 0 Å². The second-order valence-electron chi connectivity index (χ2n) is 3.70. The van der Waals surface area contributed by atoms with E-state index < -0.39 is 5.97 Å². The zero-order valence-electron chi connectivity index (χ0n) is 8.90. The molecule has 2 N–H and O–H groups in total. The van der Waals surface area contributed by atoms with Gasteiger partial charge in [0.05, 0.1) is 12.4 Å². The summed E-state index contributed by atoms with van der Waals surface area (Å²) in [7, 11) is 0. The van der Waals surface area contributed by atoms with Crippen molar-refractivity contribution >= 4 is 11.8 Å². The van der Waals surface area contributed by atoms with E-state index in [0.29, 0.717) is 11.7 Å². The van der Waals surface area contributed by atoms with Crippen LogP contribution in [0.15, 0.2) is 12.4 Å². The van der Waals surface area contributed by atoms with Crippen molar-refractivity contribution in [2.24, 2.45) is 5.92 Å². The summed E-state index contributed by atoms with van der Waals surface area (Å²) in [5, 5.41) is 11.7. The Bertz CT molecular complexity index is 322. The maximum absolute atomic E-state index is 10.5. The number of nitrogens with one attached hydrogen (secondary N) is 1. The number of nitrogens with zero attached hydrogens (tertiary/aromatic N) is 2. The molecule has 0 saturated carbocycles. The Labute approximate surface area is 88.6 Å². The molecule has 5 heteroatoms. The lowest BCUT2D eigenvalue weighted by Crippen LogP contribution is -2.08. The summed E-state index contributed by atoms with van der Waals surface area (Å²) in [6.45, 7) is 5.10. The van der Waals surface area contributed by atoms with Gasteiger partial charge in [-0.15, -0.1) is 0 Å². The number of carboxylic acid groups (broad SMARTS) is 1. The van der Waals surface area contributed by atoms with Gasteiger partial charge in [-0.2, -0.15) is 0 Å². The monoisotopic (exact) mass is 209 g/mol. The molecule has 82 valence electrons. The van der Waals surface area contributed by atoms with Gasteiger partial charge in [0.1, 0.15) is 5.82 Å². The van der Waals surface area contributed by atoms with Gasteiger partial charge in [0.15, 0.2) is 5.69 Å². The van der Waals surface area contributed by atoms with Gasteiger partial charge in [-0.1, -0.05) is 13.8 Å². The van der Waals surface area contributed by atoms with Crippen LogP contribution in [-0.4, -0.2) is 27.6 Å². The minimum absolute atomic E-state index is 0.0376. The fraction of sp³-hybridized carbons (Fsp3) is 0.500. The molecule has 0 spiro atoms. The molecule has 0 bridgehead atoms. The minimum atomic E-state index is -1.06. The Morgan fingerprint density at radius 3 is 2.67 bits per heavy atom. The average molecular weight is 209 g/mol. The lowest BCUT2D eigenvalue weighted by Gasteiger charge is -2.06. The minimum Gasteiger partial charge on any atom is -0.476 e. The van der Waals surface area contributed by atoms with E-state index in [1.165, 1.54) is 12.4 Å². The van der Waals surface area contributed by atoms with Crippen LogP contribution in [0.1, 0.15) is 30.8 Å². The maximum Gasteiger partial charge on any atom is 0.356 e. The molecule has 0 aromatic carbocycles. The van der Waals surface area contributed by atoms with Crippen molar-refractivity contribution in [3.8, 4) is 0 Å². The highest BCUT2D eigenvalue weighted by atomic mass is 16.4. The number of rotatable bonds is 5. The number of hydrogen-bond acceptors (Lipinski definition) is 4. The fourth-order valence-corrected chi connectivity index (χ4v) is 1.02. The summed E-state index contributed by atoms with van der Waals surface area (Å²) in [5.41, 5.74) is -0.0376. The molecule has 1 rings (SSSR count). The van der Waals surface area contributed by atoms with Gasteiger partial charge in [-0.05, 0) is 12.3 Å². The molecule has 15 heavy (non-hydrogen) atoms. The van der Waals surface area contributed by atoms with Crippen LogP contribution in [0.4, 0.5) is 5.82 Å². The molecule has 5 nitrogen and oxygen atoms in total. The van der Waals surface area contributed by atoms with Gasteiger partial charge in [0, 0.05) is 6.54 Å². The standard InChI is InChI=1S/C10H15N3O2/c1-7(2)3-4-11-9-6-12-8(5-13-9)10(14)15/h5-7H,3-4H2,1-2H3,(H,11,13)(H,14,15). The van der Waals surface area contributed by atoms with Gasteiger partial charge >= 0.3 is 5.97 Å². The van der Waals surface area contributed by atoms with Gasteiger partial charge in [-0.3, -0.25) is 0 Å². The van der Waals surface area contributed by atoms with Crippen molar-refractivity contribution in [2.45, 2.75) is 20.3 Å². The number of carbonyl (C=O) groups is 1. The third-order valence-electron chi connectivity index (χ3n) is 1.90. The second-order valence-corrected chi connectivity index (χ2v) is 3.70. The molecule has 0 aliphatic rings. The molecule has 0 amide bonds. The van der Waals surface area contributed by atoms with Gasteiger partial charge in [0.2, 0.25) is 0 Å². The van der Waals surface area contributed by atoms with Crippen molar-refractivity contribution in [2.75, 3.05) is 11.9 Å². The Morgan fingerprint density at radius 2 is 2.20 bits per heavy atom. The molecule has 0 aliphatic heterocycles. The Morgan fingerprint density at radius 1 is 1.47 bits per heavy atom. The number of aromatic carboxylic acids is 1. The van der Waals surface area contributed by atoms with Crippen LogP contribution < -0.4 is 5.32 Å². The lowest BCUT2D eigenvalue weighted by atomic mass is 10.1. The Balaban J connectivity index is 2.46. The van der Waals surface area contributed by atoms with Gasteiger partial charge in [0.25, 0.3) is 0 Å². The normalized spacial score (nSPS) is 10.3. The smallest absolute Gasteiger partial charge is 0.356 e. The highest BCUT2D eigenvalue weighted by Gasteiger charge is 2.04. The third kappa shape index (κ3) is 3.93. The van der Waals surface area contributed by atoms with E-state index in [9.17, 15) is 4.79 Å². The molecule has 1 aromatic rings. The zero-order chi connectivity index (χ0) is 11.3. The first-order valence-corrected chi connectivity index (χ1v) is 4.89. The van der Waals surface area contributed by atoms with Gasteiger partial charge < -0.3 is 10.4 Å². The fourth-order valence-electron chi connectivity index (χ4n) is 1.02. The van der Waals surface area contributed by atoms with E-state index in [2.05, 4.69) is 29.1 Å². The summed E-state index contributed by atoms with van der Waals surface area (Å²) in [4.78, 5) is 18.2. The highest BCUT2D eigenvalue weighted by molar-refractivity contribution is 5.84. The molecule has 0 atom stereocenters. The Hall–Kier alpha value is -1.65. The van der Waals surface area contributed by atoms with Crippen molar-refractivity contribution in [1.82, 2.24) is 9.97 Å². The van der Waals surface area contributed by atoms with Crippen LogP contribution in [0.5, 0.6) is 0 Å². The van der Waals surface area contributed by atoms with E-state index in [1.807, 2.05) is 0 Å². The van der Waals surface area contributed by atoms with Crippen molar-refractivity contribution in [3.05, 3.63) is 18.1 Å². The highest BCUT2D eigenvalue weighted by Crippen LogP contribution is 2.03. The number of anilines is 1. The number of carboxylic acids is 1. The summed E-state index contributed by atoms with van der Waals surface area (Å²) in [5.74, 6) is 0.181. The Kier molecular flexibility index (Phi) is 4.03. The third-order valence-corrected chi connectivity index (χ3v) is 1.90. The molecular formula is C10H15N3O2. The SMILES string of the molecule is CC(C)CCNc1cnc(C(=O)O)cn1. The first-order valence-electron chi connectivity index (χ1n) is 4.89. The van der Waals surface area contributed by atoms with E-state index >= 15 is 0 Å². The largest absolute Gasteiger partial charge is 0.476 e. The first kappa shape index (κ1) is 11.4. The number of hydrogen-bond donors (Lipinski definition) is 2. The maximum atomic E-state index is 10.5. The molecule has 0 aliphatic carbocycles. The first-order chi connectivity index (χ1) is 7.09. The van der Waals surface area contributed by atoms with E-state index in [0.717, 1.165) is 13.0 Å². The summed E-state index contributed by atoms with van der Waals surface area (Å²) < 4.78 is 0. The molecule has 0 fully saturated rings. The molecular weight excluding hydrogens is 194 g/mol. The van der Waals surface area contributed by atoms with Crippen LogP contribution in [-0.2, 0) is 0 Å². The van der Waals surface area contributed by atoms with Crippen LogP contribution in [0, 0.1) is 5.92 Å². The van der Waals surface area contributed by atoms with Crippen molar-refractivity contribution in [3.63, 3.8) is 0 Å². The van der Waals surface area contributed by atoms with E-state index in [1.54, 1.807) is 0 Å². The van der Waals surface area contributed by atoms with Crippen LogP contribution >= 0.6 is 0 Å². The van der Waals surface area contributed by atoms with Crippen LogP contribution in [0.3, 0.4) is 0 Å². The van der Waals surface area contributed by atoms with E-state index in [-0.39, 0.29) is 5.69 Å². The van der Waals surface area contributed by atoms with Crippen LogP contribution in [0.2, 0.25) is 0 Å². The predicted octanol–water partition coefficient (Wildman–Crippen LogP) is 1.63. The summed E-state index contributed by atoms with van der Waals surface area (Å²) in [6.07, 6.45) is 3.73. The zero-order valence-corrected chi connectivity index (χ0v) is 8.90. The summed E-state index contributed by atoms with van der Waals surface area (Å²) in [6, 6.07) is 0. The topological polar surface area (TPSA) is 75.1 Å². The van der Waals surface area contributed by atoms with E-state index in [4.69, 9.17) is 5.11 Å². The van der Waals surface area contributed by atoms with Gasteiger partial charge in [-0.25, -0.2) is 14.8 Å².